The van der Waals surface area contributed by atoms with Crippen molar-refractivity contribution in [3.8, 4) is 0 Å². The highest BCUT2D eigenvalue weighted by molar-refractivity contribution is 5.90. The van der Waals surface area contributed by atoms with E-state index in [-0.39, 0.29) is 11.8 Å². The summed E-state index contributed by atoms with van der Waals surface area (Å²) >= 11 is 0. The largest absolute Gasteiger partial charge is 0.387 e. The molecule has 3 atom stereocenters. The molecule has 0 radical (unpaired) electrons. The molecule has 1 fully saturated rings. The van der Waals surface area contributed by atoms with Gasteiger partial charge in [0.25, 0.3) is 0 Å². The number of hydrogen-bond acceptors (Lipinski definition) is 5. The first-order chi connectivity index (χ1) is 15.0. The van der Waals surface area contributed by atoms with Gasteiger partial charge in [0.15, 0.2) is 0 Å². The quantitative estimate of drug-likeness (QED) is 0.339. The Hall–Kier alpha value is -2.54. The summed E-state index contributed by atoms with van der Waals surface area (Å²) in [6, 6.07) is 2.43. The molecule has 0 aliphatic heterocycles. The number of halogens is 1. The lowest BCUT2D eigenvalue weighted by Gasteiger charge is -2.26. The van der Waals surface area contributed by atoms with Gasteiger partial charge in [0, 0.05) is 49.6 Å². The van der Waals surface area contributed by atoms with Crippen LogP contribution in [0.5, 0.6) is 0 Å². The Labute approximate surface area is 184 Å². The summed E-state index contributed by atoms with van der Waals surface area (Å²) in [6.07, 6.45) is 12.1. The molecule has 31 heavy (non-hydrogen) atoms. The molecule has 1 aromatic rings. The highest BCUT2D eigenvalue weighted by Crippen LogP contribution is 2.33. The number of amidine groups is 1. The molecule has 1 saturated carbocycles. The van der Waals surface area contributed by atoms with Crippen molar-refractivity contribution >= 4 is 18.1 Å². The molecule has 168 valence electrons. The summed E-state index contributed by atoms with van der Waals surface area (Å²) < 4.78 is 14.8. The summed E-state index contributed by atoms with van der Waals surface area (Å²) in [5.74, 6) is -0.472. The number of hydrogen-bond donors (Lipinski definition) is 4. The van der Waals surface area contributed by atoms with E-state index >= 15 is 0 Å². The minimum absolute atomic E-state index is 0.126. The van der Waals surface area contributed by atoms with Crippen LogP contribution in [-0.4, -0.2) is 49.4 Å². The Bertz CT molecular complexity index is 827. The number of nitrogens with two attached hydrogens (primary N) is 1. The van der Waals surface area contributed by atoms with Crippen molar-refractivity contribution in [1.82, 2.24) is 15.6 Å². The molecule has 6 nitrogen and oxygen atoms in total. The molecule has 0 saturated heterocycles. The number of nitrogens with zero attached hydrogens (tertiary/aromatic N) is 2. The van der Waals surface area contributed by atoms with Crippen molar-refractivity contribution in [3.05, 3.63) is 47.4 Å². The summed E-state index contributed by atoms with van der Waals surface area (Å²) in [6.45, 7) is 5.22. The van der Waals surface area contributed by atoms with Gasteiger partial charge in [0.2, 0.25) is 0 Å². The fraction of sp³-hybridized carbons (Fsp3) is 0.542. The lowest BCUT2D eigenvalue weighted by atomic mass is 9.85. The predicted octanol–water partition coefficient (Wildman–Crippen LogP) is 3.67. The van der Waals surface area contributed by atoms with E-state index in [1.165, 1.54) is 44.4 Å². The van der Waals surface area contributed by atoms with E-state index in [2.05, 4.69) is 27.2 Å². The Morgan fingerprint density at radius 3 is 2.90 bits per heavy atom. The van der Waals surface area contributed by atoms with Crippen LogP contribution < -0.4 is 16.4 Å². The highest BCUT2D eigenvalue weighted by atomic mass is 19.1. The number of nitrogens with one attached hydrogen (secondary N) is 3. The second-order valence-electron chi connectivity index (χ2n) is 8.49. The summed E-state index contributed by atoms with van der Waals surface area (Å²) in [5.41, 5.74) is 9.63. The van der Waals surface area contributed by atoms with Crippen molar-refractivity contribution < 1.29 is 4.39 Å². The highest BCUT2D eigenvalue weighted by Gasteiger charge is 2.30. The maximum atomic E-state index is 14.8. The molecule has 3 rings (SSSR count). The van der Waals surface area contributed by atoms with E-state index in [1.807, 2.05) is 13.1 Å². The van der Waals surface area contributed by atoms with E-state index in [4.69, 9.17) is 11.1 Å². The number of alkyl halides is 1. The standard InChI is InChI=1S/C24H35FN6/c1-16(31-19-6-4-3-5-7-19)10-11-29-24(27)23-20-15-30-22(18(13-26)14-28-2)12-17(20)8-9-21(23)25/h8-9,12-13,15,18-19,21,23,26,28,31H,1,3-7,10-11,14H2,2H3,(H2,27,29). The number of aliphatic imine (C=N–C) groups is 1. The topological polar surface area (TPSA) is 99.2 Å². The van der Waals surface area contributed by atoms with Crippen LogP contribution in [0.15, 0.2) is 35.6 Å². The molecule has 0 aromatic carbocycles. The Balaban J connectivity index is 1.65. The molecule has 1 aromatic heterocycles. The maximum absolute atomic E-state index is 14.8. The van der Waals surface area contributed by atoms with Crippen LogP contribution in [0.3, 0.4) is 0 Å². The molecule has 3 unspecified atom stereocenters. The van der Waals surface area contributed by atoms with Crippen LogP contribution in [0.25, 0.3) is 6.08 Å². The zero-order valence-electron chi connectivity index (χ0n) is 18.4. The number of pyridine rings is 1. The van der Waals surface area contributed by atoms with Gasteiger partial charge in [0.05, 0.1) is 11.6 Å². The number of rotatable bonds is 10. The summed E-state index contributed by atoms with van der Waals surface area (Å²) in [5, 5.41) is 14.2. The smallest absolute Gasteiger partial charge is 0.132 e. The second kappa shape index (κ2) is 11.2. The van der Waals surface area contributed by atoms with Crippen molar-refractivity contribution in [3.63, 3.8) is 0 Å². The number of fused-ring (bicyclic) bond motifs is 1. The summed E-state index contributed by atoms with van der Waals surface area (Å²) in [7, 11) is 1.84. The van der Waals surface area contributed by atoms with Crippen LogP contribution in [0.1, 0.15) is 67.2 Å². The van der Waals surface area contributed by atoms with Crippen LogP contribution in [0.2, 0.25) is 0 Å². The summed E-state index contributed by atoms with van der Waals surface area (Å²) in [4.78, 5) is 8.98. The molecule has 7 heteroatoms. The van der Waals surface area contributed by atoms with Gasteiger partial charge in [0.1, 0.15) is 12.0 Å². The molecular weight excluding hydrogens is 391 g/mol. The Morgan fingerprint density at radius 1 is 1.42 bits per heavy atom. The minimum atomic E-state index is -1.23. The SMILES string of the molecule is C=C(CCN=C(N)C1c2cnc(C(C=N)CNC)cc2C=CC1F)NC1CCCCC1. The van der Waals surface area contributed by atoms with Gasteiger partial charge in [-0.15, -0.1) is 0 Å². The maximum Gasteiger partial charge on any atom is 0.132 e. The third kappa shape index (κ3) is 6.00. The molecule has 0 amide bonds. The molecule has 0 bridgehead atoms. The Kier molecular flexibility index (Phi) is 8.35. The first kappa shape index (κ1) is 23.1. The van der Waals surface area contributed by atoms with Crippen molar-refractivity contribution in [1.29, 1.82) is 5.41 Å². The van der Waals surface area contributed by atoms with Crippen LogP contribution >= 0.6 is 0 Å². The van der Waals surface area contributed by atoms with Gasteiger partial charge < -0.3 is 21.8 Å². The van der Waals surface area contributed by atoms with Gasteiger partial charge in [-0.3, -0.25) is 9.98 Å². The number of aromatic nitrogens is 1. The monoisotopic (exact) mass is 426 g/mol. The fourth-order valence-corrected chi connectivity index (χ4v) is 4.40. The minimum Gasteiger partial charge on any atom is -0.387 e. The number of allylic oxidation sites excluding steroid dienone is 1. The lowest BCUT2D eigenvalue weighted by molar-refractivity contribution is 0.378. The molecule has 0 spiro atoms. The van der Waals surface area contributed by atoms with Crippen molar-refractivity contribution in [2.75, 3.05) is 20.1 Å². The van der Waals surface area contributed by atoms with Crippen LogP contribution in [-0.2, 0) is 0 Å². The predicted molar refractivity (Wildman–Crippen MR) is 127 cm³/mol. The third-order valence-electron chi connectivity index (χ3n) is 6.15. The van der Waals surface area contributed by atoms with Crippen LogP contribution in [0, 0.1) is 5.41 Å². The fourth-order valence-electron chi connectivity index (χ4n) is 4.40. The van der Waals surface area contributed by atoms with Crippen LogP contribution in [0.4, 0.5) is 4.39 Å². The first-order valence-electron chi connectivity index (χ1n) is 11.2. The first-order valence-corrected chi connectivity index (χ1v) is 11.2. The van der Waals surface area contributed by atoms with Gasteiger partial charge in [-0.2, -0.15) is 0 Å². The molecule has 5 N–H and O–H groups in total. The second-order valence-corrected chi connectivity index (χ2v) is 8.49. The molecular formula is C24H35FN6. The van der Waals surface area contributed by atoms with Gasteiger partial charge in [-0.1, -0.05) is 31.9 Å². The van der Waals surface area contributed by atoms with Gasteiger partial charge in [-0.05, 0) is 43.2 Å². The van der Waals surface area contributed by atoms with Crippen molar-refractivity contribution in [2.24, 2.45) is 10.7 Å². The average molecular weight is 427 g/mol. The van der Waals surface area contributed by atoms with E-state index < -0.39 is 12.1 Å². The average Bonchev–Trinajstić information content (AvgIpc) is 2.77. The van der Waals surface area contributed by atoms with E-state index in [0.29, 0.717) is 25.6 Å². The zero-order valence-corrected chi connectivity index (χ0v) is 18.4. The normalized spacial score (nSPS) is 22.6. The van der Waals surface area contributed by atoms with E-state index in [9.17, 15) is 4.39 Å². The zero-order chi connectivity index (χ0) is 22.2. The third-order valence-corrected chi connectivity index (χ3v) is 6.15. The van der Waals surface area contributed by atoms with Gasteiger partial charge in [-0.25, -0.2) is 4.39 Å². The van der Waals surface area contributed by atoms with Crippen molar-refractivity contribution in [2.45, 2.75) is 62.6 Å². The Morgan fingerprint density at radius 2 is 2.19 bits per heavy atom. The molecule has 2 aliphatic rings. The number of likely N-dealkylation sites (N-methyl/N-ethyl adjacent to an activating group) is 1. The van der Waals surface area contributed by atoms with E-state index in [1.54, 1.807) is 12.3 Å². The molecule has 1 heterocycles. The van der Waals surface area contributed by atoms with E-state index in [0.717, 1.165) is 22.5 Å². The molecule has 2 aliphatic carbocycles. The van der Waals surface area contributed by atoms with Gasteiger partial charge >= 0.3 is 0 Å². The lowest BCUT2D eigenvalue weighted by Crippen LogP contribution is -2.32.